The number of nitrogens with zero attached hydrogens (tertiary/aromatic N) is 4. The first kappa shape index (κ1) is 11.5. The molecule has 0 heterocycles. The van der Waals surface area contributed by atoms with Crippen LogP contribution in [-0.4, -0.2) is 25.0 Å². The fraction of sp³-hybridized carbons (Fsp3) is 0.333. The van der Waals surface area contributed by atoms with E-state index in [2.05, 4.69) is 20.6 Å². The van der Waals surface area contributed by atoms with Gasteiger partial charge in [0.15, 0.2) is 12.4 Å². The van der Waals surface area contributed by atoms with Crippen molar-refractivity contribution in [2.45, 2.75) is 0 Å². The van der Waals surface area contributed by atoms with Crippen molar-refractivity contribution >= 4 is 11.9 Å². The zero-order valence-corrected chi connectivity index (χ0v) is 7.36. The van der Waals surface area contributed by atoms with E-state index in [1.165, 1.54) is 0 Å². The maximum Gasteiger partial charge on any atom is 0.202 e. The van der Waals surface area contributed by atoms with Gasteiger partial charge in [-0.2, -0.15) is 10.5 Å². The zero-order chi connectivity index (χ0) is 10.8. The molecule has 0 spiro atoms. The van der Waals surface area contributed by atoms with Crippen LogP contribution in [0.25, 0.3) is 0 Å². The van der Waals surface area contributed by atoms with Crippen LogP contribution in [0.4, 0.5) is 0 Å². The van der Waals surface area contributed by atoms with Crippen LogP contribution < -0.4 is 22.1 Å². The van der Waals surface area contributed by atoms with Crippen LogP contribution in [0.1, 0.15) is 0 Å². The minimum atomic E-state index is 0.0227. The first-order chi connectivity index (χ1) is 6.70. The van der Waals surface area contributed by atoms with Crippen molar-refractivity contribution in [3.63, 3.8) is 0 Å². The molecule has 8 heteroatoms. The Morgan fingerprint density at radius 2 is 1.36 bits per heavy atom. The molecule has 8 nitrogen and oxygen atoms in total. The SMILES string of the molecule is N#CNC(N)=NCCN=C(N)NC#N. The third kappa shape index (κ3) is 6.24. The molecule has 0 aliphatic rings. The largest absolute Gasteiger partial charge is 0.369 e. The van der Waals surface area contributed by atoms with Gasteiger partial charge in [-0.15, -0.1) is 0 Å². The van der Waals surface area contributed by atoms with Crippen molar-refractivity contribution in [3.05, 3.63) is 0 Å². The van der Waals surface area contributed by atoms with Crippen molar-refractivity contribution in [3.8, 4) is 12.4 Å². The normalized spacial score (nSPS) is 11.3. The second-order valence-corrected chi connectivity index (χ2v) is 2.01. The van der Waals surface area contributed by atoms with Crippen molar-refractivity contribution in [1.82, 2.24) is 10.6 Å². The summed E-state index contributed by atoms with van der Waals surface area (Å²) in [6, 6.07) is 0. The smallest absolute Gasteiger partial charge is 0.202 e. The Morgan fingerprint density at radius 1 is 1.00 bits per heavy atom. The molecule has 0 atom stereocenters. The summed E-state index contributed by atoms with van der Waals surface area (Å²) in [5, 5.41) is 20.6. The van der Waals surface area contributed by atoms with E-state index in [-0.39, 0.29) is 25.0 Å². The van der Waals surface area contributed by atoms with E-state index in [1.54, 1.807) is 12.4 Å². The van der Waals surface area contributed by atoms with Crippen LogP contribution in [0.3, 0.4) is 0 Å². The average molecular weight is 194 g/mol. The first-order valence-corrected chi connectivity index (χ1v) is 3.60. The quantitative estimate of drug-likeness (QED) is 0.131. The van der Waals surface area contributed by atoms with E-state index in [1.807, 2.05) is 0 Å². The highest BCUT2D eigenvalue weighted by Gasteiger charge is 1.88. The molecule has 0 amide bonds. The molecular weight excluding hydrogens is 184 g/mol. The molecule has 0 fully saturated rings. The summed E-state index contributed by atoms with van der Waals surface area (Å²) >= 11 is 0. The van der Waals surface area contributed by atoms with Crippen LogP contribution in [0.15, 0.2) is 9.98 Å². The van der Waals surface area contributed by atoms with Crippen molar-refractivity contribution in [2.75, 3.05) is 13.1 Å². The van der Waals surface area contributed by atoms with Crippen LogP contribution >= 0.6 is 0 Å². The lowest BCUT2D eigenvalue weighted by Crippen LogP contribution is -2.29. The lowest BCUT2D eigenvalue weighted by molar-refractivity contribution is 0.948. The minimum absolute atomic E-state index is 0.0227. The highest BCUT2D eigenvalue weighted by Crippen LogP contribution is 1.73. The number of rotatable bonds is 3. The number of guanidine groups is 2. The van der Waals surface area contributed by atoms with Crippen molar-refractivity contribution in [1.29, 1.82) is 10.5 Å². The molecule has 0 saturated heterocycles. The number of hydrogen-bond donors (Lipinski definition) is 4. The van der Waals surface area contributed by atoms with E-state index < -0.39 is 0 Å². The number of nitrogens with two attached hydrogens (primary N) is 2. The van der Waals surface area contributed by atoms with Gasteiger partial charge in [-0.25, -0.2) is 0 Å². The third-order valence-corrected chi connectivity index (χ3v) is 1.03. The molecule has 0 radical (unpaired) electrons. The molecular formula is C6H10N8. The fourth-order valence-electron chi connectivity index (χ4n) is 0.535. The lowest BCUT2D eigenvalue weighted by Gasteiger charge is -1.96. The molecule has 6 N–H and O–H groups in total. The van der Waals surface area contributed by atoms with Crippen LogP contribution in [0, 0.1) is 22.9 Å². The van der Waals surface area contributed by atoms with E-state index in [0.717, 1.165) is 0 Å². The van der Waals surface area contributed by atoms with Crippen LogP contribution in [-0.2, 0) is 0 Å². The molecule has 14 heavy (non-hydrogen) atoms. The summed E-state index contributed by atoms with van der Waals surface area (Å²) in [7, 11) is 0. The van der Waals surface area contributed by atoms with Crippen LogP contribution in [0.2, 0.25) is 0 Å². The minimum Gasteiger partial charge on any atom is -0.369 e. The van der Waals surface area contributed by atoms with Gasteiger partial charge in [0.05, 0.1) is 13.1 Å². The van der Waals surface area contributed by atoms with Gasteiger partial charge in [-0.3, -0.25) is 20.6 Å². The van der Waals surface area contributed by atoms with E-state index in [9.17, 15) is 0 Å². The lowest BCUT2D eigenvalue weighted by atomic mass is 10.6. The maximum atomic E-state index is 8.14. The molecule has 0 aromatic rings. The fourth-order valence-corrected chi connectivity index (χ4v) is 0.535. The Hall–Kier alpha value is -2.48. The predicted octanol–water partition coefficient (Wildman–Crippen LogP) is -2.24. The van der Waals surface area contributed by atoms with Gasteiger partial charge >= 0.3 is 0 Å². The van der Waals surface area contributed by atoms with E-state index >= 15 is 0 Å². The predicted molar refractivity (Wildman–Crippen MR) is 50.5 cm³/mol. The number of aliphatic imine (C=N–C) groups is 2. The van der Waals surface area contributed by atoms with Gasteiger partial charge in [-0.1, -0.05) is 0 Å². The molecule has 0 aromatic carbocycles. The summed E-state index contributed by atoms with van der Waals surface area (Å²) in [6.45, 7) is 0.572. The standard InChI is InChI=1S/C6H10N8/c7-3-13-5(9)11-1-2-12-6(10)14-4-8/h1-2H2,(H3,9,11,13)(H3,10,12,14). The average Bonchev–Trinajstić information content (AvgIpc) is 2.13. The molecule has 74 valence electrons. The molecule has 0 unspecified atom stereocenters. The first-order valence-electron chi connectivity index (χ1n) is 3.60. The molecule has 0 aliphatic carbocycles. The van der Waals surface area contributed by atoms with E-state index in [4.69, 9.17) is 22.0 Å². The maximum absolute atomic E-state index is 8.14. The summed E-state index contributed by atoms with van der Waals surface area (Å²) in [5.74, 6) is 0.0454. The number of hydrogen-bond acceptors (Lipinski definition) is 4. The number of nitrogens with one attached hydrogen (secondary N) is 2. The van der Waals surface area contributed by atoms with Gasteiger partial charge in [0.1, 0.15) is 0 Å². The second kappa shape index (κ2) is 7.18. The van der Waals surface area contributed by atoms with Gasteiger partial charge in [-0.05, 0) is 0 Å². The second-order valence-electron chi connectivity index (χ2n) is 2.01. The zero-order valence-electron chi connectivity index (χ0n) is 7.36. The van der Waals surface area contributed by atoms with Crippen molar-refractivity contribution < 1.29 is 0 Å². The topological polar surface area (TPSA) is 148 Å². The highest BCUT2D eigenvalue weighted by atomic mass is 15.1. The summed E-state index contributed by atoms with van der Waals surface area (Å²) in [4.78, 5) is 7.47. The van der Waals surface area contributed by atoms with Crippen LogP contribution in [0.5, 0.6) is 0 Å². The Labute approximate surface area is 80.9 Å². The summed E-state index contributed by atoms with van der Waals surface area (Å²) in [5.41, 5.74) is 10.5. The monoisotopic (exact) mass is 194 g/mol. The molecule has 0 bridgehead atoms. The Balaban J connectivity index is 3.76. The Kier molecular flexibility index (Phi) is 5.91. The highest BCUT2D eigenvalue weighted by molar-refractivity contribution is 5.80. The summed E-state index contributed by atoms with van der Waals surface area (Å²) in [6.07, 6.45) is 3.23. The van der Waals surface area contributed by atoms with Gasteiger partial charge < -0.3 is 11.5 Å². The van der Waals surface area contributed by atoms with E-state index in [0.29, 0.717) is 0 Å². The number of nitriles is 2. The Bertz CT molecular complexity index is 271. The Morgan fingerprint density at radius 3 is 1.64 bits per heavy atom. The molecule has 0 aromatic heterocycles. The third-order valence-electron chi connectivity index (χ3n) is 1.03. The van der Waals surface area contributed by atoms with Gasteiger partial charge in [0, 0.05) is 0 Å². The molecule has 0 saturated carbocycles. The van der Waals surface area contributed by atoms with Gasteiger partial charge in [0.2, 0.25) is 11.9 Å². The van der Waals surface area contributed by atoms with Crippen molar-refractivity contribution in [2.24, 2.45) is 21.5 Å². The summed E-state index contributed by atoms with van der Waals surface area (Å²) < 4.78 is 0. The molecule has 0 aliphatic heterocycles. The van der Waals surface area contributed by atoms with Gasteiger partial charge in [0.25, 0.3) is 0 Å². The molecule has 0 rings (SSSR count).